The van der Waals surface area contributed by atoms with Gasteiger partial charge in [-0.25, -0.2) is 4.57 Å². The van der Waals surface area contributed by atoms with Crippen molar-refractivity contribution in [3.63, 3.8) is 0 Å². The number of phosphoric acid groups is 1. The molecule has 0 saturated carbocycles. The van der Waals surface area contributed by atoms with E-state index in [0.29, 0.717) is 6.42 Å². The number of nitrogens with two attached hydrogens (primary N) is 1. The van der Waals surface area contributed by atoms with Crippen LogP contribution in [-0.2, 0) is 32.7 Å². The number of esters is 2. The van der Waals surface area contributed by atoms with E-state index in [1.54, 1.807) is 0 Å². The molecule has 80 heavy (non-hydrogen) atoms. The summed E-state index contributed by atoms with van der Waals surface area (Å²) in [6.45, 7) is 3.59. The number of allylic oxidation sites excluding steroid dienone is 24. The third-order valence-corrected chi connectivity index (χ3v) is 13.9. The molecule has 9 nitrogen and oxygen atoms in total. The van der Waals surface area contributed by atoms with Gasteiger partial charge in [-0.3, -0.25) is 18.6 Å². The highest BCUT2D eigenvalue weighted by atomic mass is 31.2. The lowest BCUT2D eigenvalue weighted by atomic mass is 10.0. The molecule has 2 unspecified atom stereocenters. The molecule has 0 aromatic rings. The summed E-state index contributed by atoms with van der Waals surface area (Å²) in [5, 5.41) is 0. The fourth-order valence-corrected chi connectivity index (χ4v) is 9.05. The number of carbonyl (C=O) groups excluding carboxylic acids is 2. The molecule has 0 bridgehead atoms. The van der Waals surface area contributed by atoms with E-state index in [4.69, 9.17) is 24.3 Å². The number of hydrogen-bond donors (Lipinski definition) is 2. The Bertz CT molecular complexity index is 1820. The lowest BCUT2D eigenvalue weighted by Crippen LogP contribution is -2.29. The minimum atomic E-state index is -4.40. The fraction of sp³-hybridized carbons (Fsp3) is 0.629. The first-order chi connectivity index (χ1) is 39.3. The molecule has 0 aromatic heterocycles. The van der Waals surface area contributed by atoms with Crippen molar-refractivity contribution in [1.29, 1.82) is 0 Å². The van der Waals surface area contributed by atoms with Gasteiger partial charge in [0.25, 0.3) is 0 Å². The summed E-state index contributed by atoms with van der Waals surface area (Å²) in [6.07, 6.45) is 92.0. The van der Waals surface area contributed by atoms with Crippen LogP contribution in [0.2, 0.25) is 0 Å². The van der Waals surface area contributed by atoms with E-state index in [2.05, 4.69) is 160 Å². The predicted molar refractivity (Wildman–Crippen MR) is 343 cm³/mol. The first kappa shape index (κ1) is 75.9. The van der Waals surface area contributed by atoms with Crippen molar-refractivity contribution in [2.75, 3.05) is 26.4 Å². The molecule has 2 atom stereocenters. The van der Waals surface area contributed by atoms with Gasteiger partial charge < -0.3 is 20.1 Å². The minimum absolute atomic E-state index is 0.0452. The van der Waals surface area contributed by atoms with Crippen molar-refractivity contribution in [2.24, 2.45) is 5.73 Å². The molecule has 0 aliphatic rings. The van der Waals surface area contributed by atoms with Gasteiger partial charge in [0, 0.05) is 19.4 Å². The summed E-state index contributed by atoms with van der Waals surface area (Å²) in [5.74, 6) is -0.847. The third kappa shape index (κ3) is 63.1. The molecule has 0 aliphatic carbocycles. The lowest BCUT2D eigenvalue weighted by molar-refractivity contribution is -0.161. The van der Waals surface area contributed by atoms with E-state index in [1.807, 2.05) is 0 Å². The molecule has 454 valence electrons. The van der Waals surface area contributed by atoms with Crippen LogP contribution in [0.5, 0.6) is 0 Å². The molecule has 0 radical (unpaired) electrons. The lowest BCUT2D eigenvalue weighted by Gasteiger charge is -2.19. The maximum atomic E-state index is 12.7. The highest BCUT2D eigenvalue weighted by Gasteiger charge is 2.26. The van der Waals surface area contributed by atoms with Crippen molar-refractivity contribution in [1.82, 2.24) is 0 Å². The van der Waals surface area contributed by atoms with Crippen LogP contribution in [0.25, 0.3) is 0 Å². The second-order valence-electron chi connectivity index (χ2n) is 20.5. The molecule has 0 aliphatic heterocycles. The molecule has 0 heterocycles. The van der Waals surface area contributed by atoms with Gasteiger partial charge in [-0.1, -0.05) is 262 Å². The second kappa shape index (κ2) is 64.1. The highest BCUT2D eigenvalue weighted by Crippen LogP contribution is 2.43. The van der Waals surface area contributed by atoms with Crippen molar-refractivity contribution in [3.05, 3.63) is 146 Å². The molecule has 0 aromatic carbocycles. The number of rotatable bonds is 58. The quantitative estimate of drug-likeness (QED) is 0.0264. The average molecular weight is 1130 g/mol. The van der Waals surface area contributed by atoms with E-state index in [1.165, 1.54) is 89.9 Å². The molecular weight excluding hydrogens is 1010 g/mol. The van der Waals surface area contributed by atoms with E-state index < -0.39 is 32.5 Å². The van der Waals surface area contributed by atoms with Crippen LogP contribution in [0, 0.1) is 0 Å². The monoisotopic (exact) mass is 1130 g/mol. The highest BCUT2D eigenvalue weighted by molar-refractivity contribution is 7.47. The Morgan fingerprint density at radius 3 is 1.02 bits per heavy atom. The van der Waals surface area contributed by atoms with Crippen LogP contribution >= 0.6 is 7.82 Å². The van der Waals surface area contributed by atoms with Crippen LogP contribution in [0.3, 0.4) is 0 Å². The van der Waals surface area contributed by atoms with Crippen LogP contribution in [0.1, 0.15) is 251 Å². The maximum absolute atomic E-state index is 12.7. The molecule has 0 rings (SSSR count). The Labute approximate surface area is 490 Å². The number of carbonyl (C=O) groups is 2. The molecular formula is C70H116NO8P. The maximum Gasteiger partial charge on any atom is 0.472 e. The Morgan fingerprint density at radius 1 is 0.388 bits per heavy atom. The standard InChI is InChI=1S/C70H116NO8P/c1-3-5-7-9-11-13-15-17-19-21-23-24-25-26-27-28-29-30-31-32-33-34-35-36-37-38-39-40-41-42-43-44-45-47-49-51-53-55-57-59-61-63-70(73)79-68(67-78-80(74,75)77-65-64-71)66-76-69(72)62-60-58-56-54-52-50-48-46-22-20-18-16-14-12-10-8-6-4-2/h5,7,11,13-14,16-17,19-20,22-24,26-27,29-30,32-33,35-36,38-39,41-42,68H,3-4,6,8-10,12,15,18,21,25,28,31,34,37,40,43-67,71H2,1-2H3,(H,74,75)/b7-5-,13-11-,16-14-,19-17-,22-20-,24-23-,27-26-,30-29-,33-32-,36-35-,39-38-,42-41-. The van der Waals surface area contributed by atoms with Crippen molar-refractivity contribution < 1.29 is 37.6 Å². The van der Waals surface area contributed by atoms with Gasteiger partial charge in [0.1, 0.15) is 6.61 Å². The largest absolute Gasteiger partial charge is 0.472 e. The molecule has 10 heteroatoms. The van der Waals surface area contributed by atoms with Gasteiger partial charge in [0.2, 0.25) is 0 Å². The summed E-state index contributed by atoms with van der Waals surface area (Å²) in [5.41, 5.74) is 5.38. The number of phosphoric ester groups is 1. The average Bonchev–Trinajstić information content (AvgIpc) is 3.45. The summed E-state index contributed by atoms with van der Waals surface area (Å²) in [7, 11) is -4.40. The first-order valence-electron chi connectivity index (χ1n) is 31.8. The zero-order valence-electron chi connectivity index (χ0n) is 50.8. The van der Waals surface area contributed by atoms with E-state index in [-0.39, 0.29) is 32.6 Å². The number of hydrogen-bond acceptors (Lipinski definition) is 8. The van der Waals surface area contributed by atoms with Gasteiger partial charge in [-0.05, 0) is 122 Å². The Kier molecular flexibility index (Phi) is 60.8. The third-order valence-electron chi connectivity index (χ3n) is 13.0. The number of ether oxygens (including phenoxy) is 2. The van der Waals surface area contributed by atoms with Crippen LogP contribution in [0.4, 0.5) is 0 Å². The normalized spacial score (nSPS) is 14.0. The van der Waals surface area contributed by atoms with Crippen LogP contribution in [-0.4, -0.2) is 49.3 Å². The molecule has 3 N–H and O–H groups in total. The first-order valence-corrected chi connectivity index (χ1v) is 33.3. The molecule has 0 spiro atoms. The second-order valence-corrected chi connectivity index (χ2v) is 22.0. The number of unbranched alkanes of at least 4 members (excludes halogenated alkanes) is 21. The van der Waals surface area contributed by atoms with Gasteiger partial charge in [0.05, 0.1) is 13.2 Å². The van der Waals surface area contributed by atoms with Gasteiger partial charge in [-0.2, -0.15) is 0 Å². The zero-order valence-corrected chi connectivity index (χ0v) is 51.6. The molecule has 0 saturated heterocycles. The van der Waals surface area contributed by atoms with Gasteiger partial charge in [-0.15, -0.1) is 0 Å². The summed E-state index contributed by atoms with van der Waals surface area (Å²) >= 11 is 0. The SMILES string of the molecule is CC/C=C\C/C=C\C/C=C\C/C=C\C/C=C\C/C=C\C/C=C\C/C=C\C/C=C\C/C=C\CCCCCCCCCCCCC(=O)OC(COC(=O)CCCCCCCCC/C=C\C/C=C\CCCCCC)COP(=O)(O)OCCN. The van der Waals surface area contributed by atoms with Crippen molar-refractivity contribution in [2.45, 2.75) is 258 Å². The Balaban J connectivity index is 3.97. The van der Waals surface area contributed by atoms with Crippen molar-refractivity contribution in [3.8, 4) is 0 Å². The summed E-state index contributed by atoms with van der Waals surface area (Å²) in [6, 6.07) is 0. The molecule has 0 amide bonds. The Hall–Kier alpha value is -4.11. The fourth-order valence-electron chi connectivity index (χ4n) is 8.28. The predicted octanol–water partition coefficient (Wildman–Crippen LogP) is 20.7. The van der Waals surface area contributed by atoms with Crippen LogP contribution in [0.15, 0.2) is 146 Å². The summed E-state index contributed by atoms with van der Waals surface area (Å²) in [4.78, 5) is 35.2. The Morgan fingerprint density at radius 2 is 0.688 bits per heavy atom. The van der Waals surface area contributed by atoms with Gasteiger partial charge >= 0.3 is 19.8 Å². The van der Waals surface area contributed by atoms with Gasteiger partial charge in [0.15, 0.2) is 6.10 Å². The summed E-state index contributed by atoms with van der Waals surface area (Å²) < 4.78 is 33.0. The smallest absolute Gasteiger partial charge is 0.462 e. The van der Waals surface area contributed by atoms with E-state index in [0.717, 1.165) is 128 Å². The zero-order chi connectivity index (χ0) is 58.0. The van der Waals surface area contributed by atoms with E-state index in [9.17, 15) is 19.0 Å². The van der Waals surface area contributed by atoms with Crippen molar-refractivity contribution >= 4 is 19.8 Å². The van der Waals surface area contributed by atoms with Crippen LogP contribution < -0.4 is 5.73 Å². The topological polar surface area (TPSA) is 134 Å². The minimum Gasteiger partial charge on any atom is -0.462 e. The van der Waals surface area contributed by atoms with E-state index >= 15 is 0 Å². The molecule has 0 fully saturated rings.